The van der Waals surface area contributed by atoms with Crippen molar-refractivity contribution in [2.45, 2.75) is 19.1 Å². The Morgan fingerprint density at radius 3 is 2.80 bits per heavy atom. The minimum absolute atomic E-state index is 0.111. The SMILES string of the molecule is CCOC(=O)C(O)C(O)c1ccc2[nH]ccc(=O)c2c1. The lowest BCUT2D eigenvalue weighted by Crippen LogP contribution is -2.29. The molecule has 0 aliphatic heterocycles. The zero-order valence-electron chi connectivity index (χ0n) is 10.9. The van der Waals surface area contributed by atoms with Crippen LogP contribution in [0.3, 0.4) is 0 Å². The number of benzene rings is 1. The van der Waals surface area contributed by atoms with Crippen LogP contribution in [0.5, 0.6) is 0 Å². The highest BCUT2D eigenvalue weighted by Crippen LogP contribution is 2.20. The molecule has 2 rings (SSSR count). The van der Waals surface area contributed by atoms with Crippen LogP contribution in [-0.2, 0) is 9.53 Å². The average molecular weight is 277 g/mol. The second-order valence-electron chi connectivity index (χ2n) is 4.29. The summed E-state index contributed by atoms with van der Waals surface area (Å²) in [5.41, 5.74) is 0.673. The van der Waals surface area contributed by atoms with Gasteiger partial charge in [0.05, 0.1) is 6.61 Å². The molecule has 6 nitrogen and oxygen atoms in total. The number of nitrogens with one attached hydrogen (secondary N) is 1. The summed E-state index contributed by atoms with van der Waals surface area (Å²) in [6, 6.07) is 5.94. The van der Waals surface area contributed by atoms with Crippen molar-refractivity contribution >= 4 is 16.9 Å². The van der Waals surface area contributed by atoms with Gasteiger partial charge in [-0.15, -0.1) is 0 Å². The predicted molar refractivity (Wildman–Crippen MR) is 72.2 cm³/mol. The molecule has 2 unspecified atom stereocenters. The lowest BCUT2D eigenvalue weighted by molar-refractivity contribution is -0.159. The topological polar surface area (TPSA) is 99.6 Å². The maximum absolute atomic E-state index is 11.7. The van der Waals surface area contributed by atoms with E-state index in [1.54, 1.807) is 13.0 Å². The number of hydrogen-bond acceptors (Lipinski definition) is 5. The van der Waals surface area contributed by atoms with E-state index in [0.717, 1.165) is 0 Å². The zero-order chi connectivity index (χ0) is 14.7. The van der Waals surface area contributed by atoms with E-state index in [-0.39, 0.29) is 17.6 Å². The van der Waals surface area contributed by atoms with Gasteiger partial charge in [-0.1, -0.05) is 6.07 Å². The number of carbonyl (C=O) groups excluding carboxylic acids is 1. The zero-order valence-corrected chi connectivity index (χ0v) is 10.9. The van der Waals surface area contributed by atoms with E-state index in [1.165, 1.54) is 24.4 Å². The van der Waals surface area contributed by atoms with E-state index >= 15 is 0 Å². The Kier molecular flexibility index (Phi) is 4.16. The fraction of sp³-hybridized carbons (Fsp3) is 0.286. The van der Waals surface area contributed by atoms with Gasteiger partial charge in [-0.3, -0.25) is 4.79 Å². The maximum Gasteiger partial charge on any atom is 0.338 e. The van der Waals surface area contributed by atoms with Gasteiger partial charge in [0, 0.05) is 23.2 Å². The molecular weight excluding hydrogens is 262 g/mol. The first-order chi connectivity index (χ1) is 9.54. The number of carbonyl (C=O) groups is 1. The van der Waals surface area contributed by atoms with Crippen molar-refractivity contribution in [3.63, 3.8) is 0 Å². The van der Waals surface area contributed by atoms with Crippen LogP contribution in [0.15, 0.2) is 35.3 Å². The second-order valence-corrected chi connectivity index (χ2v) is 4.29. The van der Waals surface area contributed by atoms with Crippen LogP contribution in [0.25, 0.3) is 10.9 Å². The van der Waals surface area contributed by atoms with E-state index in [9.17, 15) is 19.8 Å². The molecule has 0 amide bonds. The number of ether oxygens (including phenoxy) is 1. The molecule has 0 aliphatic rings. The first-order valence-corrected chi connectivity index (χ1v) is 6.18. The molecule has 0 fully saturated rings. The van der Waals surface area contributed by atoms with Crippen LogP contribution < -0.4 is 5.43 Å². The number of H-pyrrole nitrogens is 1. The number of hydrogen-bond donors (Lipinski definition) is 3. The minimum Gasteiger partial charge on any atom is -0.464 e. The summed E-state index contributed by atoms with van der Waals surface area (Å²) in [6.07, 6.45) is -1.61. The first-order valence-electron chi connectivity index (χ1n) is 6.18. The molecule has 0 saturated heterocycles. The molecule has 1 aromatic carbocycles. The molecule has 20 heavy (non-hydrogen) atoms. The summed E-state index contributed by atoms with van der Waals surface area (Å²) in [7, 11) is 0. The van der Waals surface area contributed by atoms with Gasteiger partial charge in [-0.25, -0.2) is 4.79 Å². The van der Waals surface area contributed by atoms with Crippen LogP contribution >= 0.6 is 0 Å². The number of fused-ring (bicyclic) bond motifs is 1. The van der Waals surface area contributed by atoms with E-state index in [1.807, 2.05) is 0 Å². The number of esters is 1. The van der Waals surface area contributed by atoms with Gasteiger partial charge in [0.2, 0.25) is 0 Å². The molecule has 1 aromatic heterocycles. The number of aliphatic hydroxyl groups is 2. The standard InChI is InChI=1S/C14H15NO5/c1-2-20-14(19)13(18)12(17)8-3-4-10-9(7-8)11(16)5-6-15-10/h3-7,12-13,17-18H,2H2,1H3,(H,15,16). The third-order valence-corrected chi connectivity index (χ3v) is 2.95. The number of aliphatic hydroxyl groups excluding tert-OH is 2. The maximum atomic E-state index is 11.7. The molecule has 1 heterocycles. The van der Waals surface area contributed by atoms with Crippen LogP contribution in [0.1, 0.15) is 18.6 Å². The van der Waals surface area contributed by atoms with Gasteiger partial charge in [0.25, 0.3) is 0 Å². The van der Waals surface area contributed by atoms with Gasteiger partial charge in [-0.2, -0.15) is 0 Å². The summed E-state index contributed by atoms with van der Waals surface area (Å²) in [5, 5.41) is 20.1. The van der Waals surface area contributed by atoms with Crippen LogP contribution in [-0.4, -0.2) is 33.9 Å². The molecule has 0 bridgehead atoms. The molecule has 0 spiro atoms. The van der Waals surface area contributed by atoms with Gasteiger partial charge < -0.3 is 19.9 Å². The van der Waals surface area contributed by atoms with Crippen LogP contribution in [0.2, 0.25) is 0 Å². The van der Waals surface area contributed by atoms with Crippen molar-refractivity contribution in [2.75, 3.05) is 6.61 Å². The molecule has 0 aliphatic carbocycles. The Hall–Kier alpha value is -2.18. The summed E-state index contributed by atoms with van der Waals surface area (Å²) < 4.78 is 4.64. The van der Waals surface area contributed by atoms with E-state index in [2.05, 4.69) is 9.72 Å². The fourth-order valence-corrected chi connectivity index (χ4v) is 1.91. The normalized spacial score (nSPS) is 13.9. The summed E-state index contributed by atoms with van der Waals surface area (Å²) in [4.78, 5) is 26.0. The van der Waals surface area contributed by atoms with Gasteiger partial charge in [0.1, 0.15) is 6.10 Å². The number of pyridine rings is 1. The van der Waals surface area contributed by atoms with Gasteiger partial charge in [0.15, 0.2) is 11.5 Å². The molecule has 0 saturated carbocycles. The molecule has 6 heteroatoms. The van der Waals surface area contributed by atoms with Crippen molar-refractivity contribution < 1.29 is 19.7 Å². The van der Waals surface area contributed by atoms with Crippen molar-refractivity contribution in [3.8, 4) is 0 Å². The van der Waals surface area contributed by atoms with Crippen molar-refractivity contribution in [1.82, 2.24) is 4.98 Å². The Bertz CT molecular complexity index is 679. The average Bonchev–Trinajstić information content (AvgIpc) is 2.46. The monoisotopic (exact) mass is 277 g/mol. The molecule has 0 radical (unpaired) electrons. The Labute approximate surface area is 114 Å². The summed E-state index contributed by atoms with van der Waals surface area (Å²) in [6.45, 7) is 1.71. The lowest BCUT2D eigenvalue weighted by atomic mass is 10.0. The van der Waals surface area contributed by atoms with Crippen molar-refractivity contribution in [2.24, 2.45) is 0 Å². The second kappa shape index (κ2) is 5.85. The first kappa shape index (κ1) is 14.2. The molecule has 106 valence electrons. The van der Waals surface area contributed by atoms with Gasteiger partial charge in [-0.05, 0) is 24.6 Å². The highest BCUT2D eigenvalue weighted by atomic mass is 16.5. The van der Waals surface area contributed by atoms with Crippen molar-refractivity contribution in [3.05, 3.63) is 46.2 Å². The minimum atomic E-state index is -1.69. The number of aromatic amines is 1. The van der Waals surface area contributed by atoms with E-state index in [4.69, 9.17) is 0 Å². The largest absolute Gasteiger partial charge is 0.464 e. The van der Waals surface area contributed by atoms with E-state index < -0.39 is 18.2 Å². The third kappa shape index (κ3) is 2.71. The Balaban J connectivity index is 2.35. The quantitative estimate of drug-likeness (QED) is 0.706. The van der Waals surface area contributed by atoms with Crippen molar-refractivity contribution in [1.29, 1.82) is 0 Å². The molecule has 3 N–H and O–H groups in total. The molecule has 2 atom stereocenters. The van der Waals surface area contributed by atoms with Gasteiger partial charge >= 0.3 is 5.97 Å². The highest BCUT2D eigenvalue weighted by molar-refractivity contribution is 5.80. The Morgan fingerprint density at radius 1 is 1.35 bits per heavy atom. The van der Waals surface area contributed by atoms with Crippen LogP contribution in [0, 0.1) is 0 Å². The van der Waals surface area contributed by atoms with Crippen LogP contribution in [0.4, 0.5) is 0 Å². The molecular formula is C14H15NO5. The lowest BCUT2D eigenvalue weighted by Gasteiger charge is -2.17. The molecule has 2 aromatic rings. The smallest absolute Gasteiger partial charge is 0.338 e. The third-order valence-electron chi connectivity index (χ3n) is 2.95. The summed E-state index contributed by atoms with van der Waals surface area (Å²) in [5.74, 6) is -0.901. The highest BCUT2D eigenvalue weighted by Gasteiger charge is 2.27. The van der Waals surface area contributed by atoms with E-state index in [0.29, 0.717) is 10.9 Å². The summed E-state index contributed by atoms with van der Waals surface area (Å²) >= 11 is 0. The Morgan fingerprint density at radius 2 is 2.10 bits per heavy atom. The number of aromatic nitrogens is 1. The predicted octanol–water partition coefficient (Wildman–Crippen LogP) is 0.486. The number of rotatable bonds is 4. The fourth-order valence-electron chi connectivity index (χ4n) is 1.91.